The summed E-state index contributed by atoms with van der Waals surface area (Å²) >= 11 is 15.2. The first-order valence-electron chi connectivity index (χ1n) is 4.77. The zero-order valence-corrected chi connectivity index (χ0v) is 13.4. The lowest BCUT2D eigenvalue weighted by Crippen LogP contribution is -2.39. The van der Waals surface area contributed by atoms with Crippen molar-refractivity contribution in [3.63, 3.8) is 0 Å². The van der Waals surface area contributed by atoms with Crippen LogP contribution in [-0.2, 0) is 0 Å². The number of hydrogen-bond acceptors (Lipinski definition) is 2. The predicted octanol–water partition coefficient (Wildman–Crippen LogP) is 4.24. The first-order valence-corrected chi connectivity index (χ1v) is 7.87. The molecule has 2 nitrogen and oxygen atoms in total. The van der Waals surface area contributed by atoms with Gasteiger partial charge in [-0.25, -0.2) is 0 Å². The molecule has 0 radical (unpaired) electrons. The monoisotopic (exact) mass is 391 g/mol. The number of hydrogen-bond donors (Lipinski definition) is 1. The van der Waals surface area contributed by atoms with Crippen molar-refractivity contribution in [2.45, 2.75) is 19.9 Å². The topological polar surface area (TPSA) is 29.1 Å². The second kappa shape index (κ2) is 6.42. The van der Waals surface area contributed by atoms with Crippen LogP contribution in [0.1, 0.15) is 24.2 Å². The minimum Gasteiger partial charge on any atom is -0.348 e. The van der Waals surface area contributed by atoms with Gasteiger partial charge in [-0.2, -0.15) is 0 Å². The summed E-state index contributed by atoms with van der Waals surface area (Å²) in [7, 11) is 0. The normalized spacial score (nSPS) is 12.9. The fourth-order valence-corrected chi connectivity index (χ4v) is 3.82. The fraction of sp³-hybridized carbons (Fsp3) is 0.500. The molecule has 0 aliphatic carbocycles. The molecular formula is C10H12Cl2INOS. The lowest BCUT2D eigenvalue weighted by Gasteiger charge is -2.19. The van der Waals surface area contributed by atoms with Crippen molar-refractivity contribution in [2.24, 2.45) is 5.92 Å². The zero-order valence-electron chi connectivity index (χ0n) is 8.89. The number of rotatable bonds is 4. The summed E-state index contributed by atoms with van der Waals surface area (Å²) in [6, 6.07) is 1.76. The van der Waals surface area contributed by atoms with Crippen LogP contribution in [0.4, 0.5) is 0 Å². The summed E-state index contributed by atoms with van der Waals surface area (Å²) < 4.78 is 1.85. The third kappa shape index (κ3) is 3.75. The second-order valence-corrected chi connectivity index (χ2v) is 6.88. The quantitative estimate of drug-likeness (QED) is 0.603. The predicted molar refractivity (Wildman–Crippen MR) is 79.3 cm³/mol. The molecule has 16 heavy (non-hydrogen) atoms. The molecule has 0 saturated carbocycles. The molecule has 0 spiro atoms. The van der Waals surface area contributed by atoms with Crippen molar-refractivity contribution >= 4 is 63.0 Å². The lowest BCUT2D eigenvalue weighted by molar-refractivity contribution is 0.0933. The molecule has 6 heteroatoms. The maximum atomic E-state index is 11.9. The molecule has 1 N–H and O–H groups in total. The molecule has 1 amide bonds. The fourth-order valence-electron chi connectivity index (χ4n) is 1.12. The number of carbonyl (C=O) groups is 1. The highest BCUT2D eigenvalue weighted by atomic mass is 127. The third-order valence-corrected chi connectivity index (χ3v) is 4.63. The van der Waals surface area contributed by atoms with E-state index in [0.29, 0.717) is 20.2 Å². The molecule has 0 saturated heterocycles. The number of carbonyl (C=O) groups excluding carboxylic acids is 1. The zero-order chi connectivity index (χ0) is 12.3. The van der Waals surface area contributed by atoms with Crippen LogP contribution in [-0.4, -0.2) is 16.4 Å². The van der Waals surface area contributed by atoms with Gasteiger partial charge in [-0.3, -0.25) is 4.79 Å². The van der Waals surface area contributed by atoms with Crippen LogP contribution in [0.15, 0.2) is 6.07 Å². The van der Waals surface area contributed by atoms with Crippen LogP contribution in [0, 0.1) is 5.92 Å². The van der Waals surface area contributed by atoms with Gasteiger partial charge in [-0.05, 0) is 12.0 Å². The van der Waals surface area contributed by atoms with Gasteiger partial charge in [0, 0.05) is 10.5 Å². The van der Waals surface area contributed by atoms with Gasteiger partial charge in [0.25, 0.3) is 5.91 Å². The van der Waals surface area contributed by atoms with Crippen LogP contribution in [0.2, 0.25) is 8.67 Å². The Balaban J connectivity index is 2.75. The molecular weight excluding hydrogens is 380 g/mol. The van der Waals surface area contributed by atoms with Gasteiger partial charge in [-0.1, -0.05) is 59.6 Å². The number of halogens is 3. The number of nitrogens with one attached hydrogen (secondary N) is 1. The van der Waals surface area contributed by atoms with E-state index in [1.165, 1.54) is 11.3 Å². The Kier molecular flexibility index (Phi) is 5.84. The van der Waals surface area contributed by atoms with Crippen molar-refractivity contribution in [1.82, 2.24) is 5.32 Å². The van der Waals surface area contributed by atoms with E-state index in [1.807, 2.05) is 0 Å². The Morgan fingerprint density at radius 1 is 1.56 bits per heavy atom. The molecule has 1 aromatic heterocycles. The van der Waals surface area contributed by atoms with E-state index in [9.17, 15) is 4.79 Å². The maximum absolute atomic E-state index is 11.9. The summed E-state index contributed by atoms with van der Waals surface area (Å²) in [6.07, 6.45) is 0. The first-order chi connectivity index (χ1) is 7.45. The molecule has 90 valence electrons. The Bertz CT molecular complexity index is 381. The van der Waals surface area contributed by atoms with Gasteiger partial charge in [0.1, 0.15) is 4.34 Å². The highest BCUT2D eigenvalue weighted by Gasteiger charge is 2.19. The van der Waals surface area contributed by atoms with E-state index in [2.05, 4.69) is 41.8 Å². The van der Waals surface area contributed by atoms with E-state index >= 15 is 0 Å². The van der Waals surface area contributed by atoms with Gasteiger partial charge in [0.05, 0.1) is 9.90 Å². The molecule has 0 fully saturated rings. The van der Waals surface area contributed by atoms with Crippen molar-refractivity contribution in [3.8, 4) is 0 Å². The molecule has 1 rings (SSSR count). The number of thiophene rings is 1. The van der Waals surface area contributed by atoms with Gasteiger partial charge < -0.3 is 5.32 Å². The van der Waals surface area contributed by atoms with Crippen molar-refractivity contribution in [2.75, 3.05) is 4.43 Å². The summed E-state index contributed by atoms with van der Waals surface area (Å²) in [5.74, 6) is 0.247. The van der Waals surface area contributed by atoms with E-state index in [-0.39, 0.29) is 11.9 Å². The van der Waals surface area contributed by atoms with Crippen molar-refractivity contribution in [3.05, 3.63) is 20.3 Å². The Hall–Kier alpha value is 0.480. The molecule has 1 unspecified atom stereocenters. The Labute approximate surface area is 123 Å². The summed E-state index contributed by atoms with van der Waals surface area (Å²) in [5, 5.41) is 2.95. The largest absolute Gasteiger partial charge is 0.348 e. The van der Waals surface area contributed by atoms with E-state index in [0.717, 1.165) is 4.43 Å². The Morgan fingerprint density at radius 2 is 2.19 bits per heavy atom. The molecule has 1 aromatic rings. The van der Waals surface area contributed by atoms with Crippen LogP contribution in [0.3, 0.4) is 0 Å². The number of alkyl halides is 1. The average Bonchev–Trinajstić information content (AvgIpc) is 2.53. The standard InChI is InChI=1S/C10H12Cl2INOS/c1-5(2)7(4-13)14-10(15)6-3-8(11)16-9(6)12/h3,5,7H,4H2,1-2H3,(H,14,15). The minimum atomic E-state index is -0.150. The molecule has 1 heterocycles. The average molecular weight is 392 g/mol. The summed E-state index contributed by atoms with van der Waals surface area (Å²) in [5.41, 5.74) is 0.465. The van der Waals surface area contributed by atoms with Gasteiger partial charge in [0.15, 0.2) is 0 Å². The van der Waals surface area contributed by atoms with Crippen LogP contribution in [0.5, 0.6) is 0 Å². The van der Waals surface area contributed by atoms with Crippen molar-refractivity contribution in [1.29, 1.82) is 0 Å². The Morgan fingerprint density at radius 3 is 2.56 bits per heavy atom. The van der Waals surface area contributed by atoms with Crippen LogP contribution < -0.4 is 5.32 Å². The smallest absolute Gasteiger partial charge is 0.253 e. The maximum Gasteiger partial charge on any atom is 0.253 e. The first kappa shape index (κ1) is 14.5. The summed E-state index contributed by atoms with van der Waals surface area (Å²) in [4.78, 5) is 11.9. The number of amides is 1. The van der Waals surface area contributed by atoms with E-state index < -0.39 is 0 Å². The molecule has 1 atom stereocenters. The molecule has 0 aliphatic rings. The van der Waals surface area contributed by atoms with Gasteiger partial charge >= 0.3 is 0 Å². The van der Waals surface area contributed by atoms with E-state index in [1.54, 1.807) is 6.07 Å². The van der Waals surface area contributed by atoms with E-state index in [4.69, 9.17) is 23.2 Å². The van der Waals surface area contributed by atoms with Crippen LogP contribution >= 0.6 is 57.1 Å². The van der Waals surface area contributed by atoms with Gasteiger partial charge in [-0.15, -0.1) is 11.3 Å². The second-order valence-electron chi connectivity index (χ2n) is 3.72. The van der Waals surface area contributed by atoms with Crippen LogP contribution in [0.25, 0.3) is 0 Å². The van der Waals surface area contributed by atoms with Gasteiger partial charge in [0.2, 0.25) is 0 Å². The lowest BCUT2D eigenvalue weighted by atomic mass is 10.1. The highest BCUT2D eigenvalue weighted by molar-refractivity contribution is 14.1. The summed E-state index contributed by atoms with van der Waals surface area (Å²) in [6.45, 7) is 4.15. The molecule has 0 bridgehead atoms. The molecule has 0 aromatic carbocycles. The SMILES string of the molecule is CC(C)C(CI)NC(=O)c1cc(Cl)sc1Cl. The minimum absolute atomic E-state index is 0.150. The molecule has 0 aliphatic heterocycles. The highest BCUT2D eigenvalue weighted by Crippen LogP contribution is 2.31. The van der Waals surface area contributed by atoms with Crippen molar-refractivity contribution < 1.29 is 4.79 Å². The third-order valence-electron chi connectivity index (χ3n) is 2.19.